The highest BCUT2D eigenvalue weighted by Gasteiger charge is 2.25. The van der Waals surface area contributed by atoms with Gasteiger partial charge in [0.2, 0.25) is 0 Å². The molecule has 3 N–H and O–H groups in total. The van der Waals surface area contributed by atoms with E-state index in [0.29, 0.717) is 29.7 Å². The molecular weight excluding hydrogens is 524 g/mol. The summed E-state index contributed by atoms with van der Waals surface area (Å²) in [5.74, 6) is 1.72. The second kappa shape index (κ2) is 10.2. The first-order chi connectivity index (χ1) is 20.0. The van der Waals surface area contributed by atoms with Gasteiger partial charge in [0.15, 0.2) is 17.3 Å². The summed E-state index contributed by atoms with van der Waals surface area (Å²) in [6.45, 7) is 0.541. The van der Waals surface area contributed by atoms with Crippen LogP contribution in [0.3, 0.4) is 0 Å². The van der Waals surface area contributed by atoms with Crippen LogP contribution in [0.1, 0.15) is 41.3 Å². The quantitative estimate of drug-likeness (QED) is 0.276. The Bertz CT molecular complexity index is 1850. The molecule has 1 aromatic carbocycles. The summed E-state index contributed by atoms with van der Waals surface area (Å²) in [4.78, 5) is 18.0. The van der Waals surface area contributed by atoms with Gasteiger partial charge in [0.1, 0.15) is 17.0 Å². The van der Waals surface area contributed by atoms with E-state index in [2.05, 4.69) is 38.6 Å². The van der Waals surface area contributed by atoms with Gasteiger partial charge >= 0.3 is 0 Å². The number of hydrogen-bond acceptors (Lipinski definition) is 7. The van der Waals surface area contributed by atoms with Gasteiger partial charge < -0.3 is 11.1 Å². The van der Waals surface area contributed by atoms with Crippen LogP contribution < -0.4 is 11.1 Å². The van der Waals surface area contributed by atoms with E-state index in [9.17, 15) is 8.78 Å². The number of alkyl halides is 2. The Labute approximate surface area is 233 Å². The van der Waals surface area contributed by atoms with Gasteiger partial charge in [0, 0.05) is 43.1 Å². The molecule has 0 amide bonds. The average molecular weight is 550 g/mol. The van der Waals surface area contributed by atoms with Crippen molar-refractivity contribution in [3.8, 4) is 22.9 Å². The van der Waals surface area contributed by atoms with Gasteiger partial charge in [-0.15, -0.1) is 0 Å². The van der Waals surface area contributed by atoms with Crippen molar-refractivity contribution in [1.82, 2.24) is 39.6 Å². The van der Waals surface area contributed by atoms with Crippen molar-refractivity contribution in [2.24, 2.45) is 0 Å². The van der Waals surface area contributed by atoms with Crippen LogP contribution in [-0.4, -0.2) is 34.3 Å². The number of aromatic nitrogens is 7. The third-order valence-corrected chi connectivity index (χ3v) is 7.39. The highest BCUT2D eigenvalue weighted by molar-refractivity contribution is 5.83. The molecule has 5 heterocycles. The maximum Gasteiger partial charge on any atom is 0.280 e. The number of hydrogen-bond donors (Lipinski definition) is 2. The molecule has 0 aliphatic heterocycles. The van der Waals surface area contributed by atoms with E-state index in [4.69, 9.17) is 15.7 Å². The smallest absolute Gasteiger partial charge is 0.280 e. The first-order valence-corrected chi connectivity index (χ1v) is 13.2. The van der Waals surface area contributed by atoms with Crippen molar-refractivity contribution < 1.29 is 8.78 Å². The van der Waals surface area contributed by atoms with Gasteiger partial charge in [0.05, 0.1) is 5.56 Å². The lowest BCUT2D eigenvalue weighted by Gasteiger charge is -2.16. The molecular formula is C30H25F2N9. The fourth-order valence-electron chi connectivity index (χ4n) is 5.38. The number of rotatable bonds is 7. The molecule has 0 spiro atoms. The van der Waals surface area contributed by atoms with Crippen molar-refractivity contribution >= 4 is 17.0 Å². The Hall–Kier alpha value is -5.03. The van der Waals surface area contributed by atoms with E-state index in [0.717, 1.165) is 35.2 Å². The SMILES string of the molecule is Nc1ncccc1-c1nc2ccc(-n3cccn3)nc2n1-c1ccc2c(c1)CCC2NCc1ccc(C(F)F)nc1. The molecule has 6 aromatic rings. The second-order valence-electron chi connectivity index (χ2n) is 9.92. The summed E-state index contributed by atoms with van der Waals surface area (Å²) < 4.78 is 29.4. The molecule has 11 heteroatoms. The maximum absolute atomic E-state index is 12.8. The summed E-state index contributed by atoms with van der Waals surface area (Å²) in [5, 5.41) is 7.89. The number of nitrogens with zero attached hydrogens (tertiary/aromatic N) is 7. The first-order valence-electron chi connectivity index (χ1n) is 13.2. The molecule has 0 fully saturated rings. The molecule has 1 aliphatic rings. The third kappa shape index (κ3) is 4.59. The Balaban J connectivity index is 1.25. The highest BCUT2D eigenvalue weighted by atomic mass is 19.3. The zero-order valence-corrected chi connectivity index (χ0v) is 21.8. The molecule has 1 atom stereocenters. The van der Waals surface area contributed by atoms with Gasteiger partial charge in [-0.3, -0.25) is 9.55 Å². The minimum atomic E-state index is -2.57. The zero-order valence-electron chi connectivity index (χ0n) is 21.8. The number of fused-ring (bicyclic) bond motifs is 2. The average Bonchev–Trinajstić information content (AvgIpc) is 3.75. The Morgan fingerprint density at radius 2 is 1.93 bits per heavy atom. The minimum absolute atomic E-state index is 0.145. The molecule has 0 saturated carbocycles. The van der Waals surface area contributed by atoms with Gasteiger partial charge in [-0.2, -0.15) is 5.10 Å². The predicted octanol–water partition coefficient (Wildman–Crippen LogP) is 5.36. The summed E-state index contributed by atoms with van der Waals surface area (Å²) >= 11 is 0. The van der Waals surface area contributed by atoms with E-state index in [1.54, 1.807) is 23.1 Å². The van der Waals surface area contributed by atoms with Crippen molar-refractivity contribution in [2.75, 3.05) is 5.73 Å². The molecule has 204 valence electrons. The number of imidazole rings is 1. The predicted molar refractivity (Wildman–Crippen MR) is 151 cm³/mol. The van der Waals surface area contributed by atoms with E-state index >= 15 is 0 Å². The maximum atomic E-state index is 12.8. The lowest BCUT2D eigenvalue weighted by Crippen LogP contribution is -2.18. The number of anilines is 1. The monoisotopic (exact) mass is 549 g/mol. The first kappa shape index (κ1) is 25.0. The number of nitrogens with one attached hydrogen (secondary N) is 1. The molecule has 9 nitrogen and oxygen atoms in total. The lowest BCUT2D eigenvalue weighted by atomic mass is 10.1. The molecule has 0 bridgehead atoms. The zero-order chi connectivity index (χ0) is 27.9. The summed E-state index contributed by atoms with van der Waals surface area (Å²) in [6, 6.07) is 19.0. The normalized spacial score (nSPS) is 14.7. The number of nitrogen functional groups attached to an aromatic ring is 1. The molecule has 5 aromatic heterocycles. The van der Waals surface area contributed by atoms with E-state index in [1.165, 1.54) is 23.4 Å². The van der Waals surface area contributed by atoms with E-state index in [-0.39, 0.29) is 11.7 Å². The lowest BCUT2D eigenvalue weighted by molar-refractivity contribution is 0.146. The van der Waals surface area contributed by atoms with Crippen molar-refractivity contribution in [2.45, 2.75) is 31.9 Å². The largest absolute Gasteiger partial charge is 0.383 e. The summed E-state index contributed by atoms with van der Waals surface area (Å²) in [6.07, 6.45) is 5.98. The van der Waals surface area contributed by atoms with E-state index < -0.39 is 6.43 Å². The number of aryl methyl sites for hydroxylation is 1. The Kier molecular flexibility index (Phi) is 6.20. The molecule has 1 unspecified atom stereocenters. The van der Waals surface area contributed by atoms with Crippen LogP contribution in [-0.2, 0) is 13.0 Å². The molecule has 0 radical (unpaired) electrons. The van der Waals surface area contributed by atoms with Crippen LogP contribution >= 0.6 is 0 Å². The fourth-order valence-corrected chi connectivity index (χ4v) is 5.38. The third-order valence-electron chi connectivity index (χ3n) is 7.39. The number of halogens is 2. The molecule has 41 heavy (non-hydrogen) atoms. The number of nitrogens with two attached hydrogens (primary N) is 1. The van der Waals surface area contributed by atoms with Gasteiger partial charge in [-0.05, 0) is 78.1 Å². The Morgan fingerprint density at radius 3 is 2.71 bits per heavy atom. The highest BCUT2D eigenvalue weighted by Crippen LogP contribution is 2.36. The van der Waals surface area contributed by atoms with Crippen LogP contribution in [0.4, 0.5) is 14.6 Å². The molecule has 7 rings (SSSR count). The standard InChI is InChI=1S/C30H25F2N9/c31-27(32)24-8-4-18(17-36-24)16-35-23-9-5-19-15-20(6-7-21(19)23)41-29(22-3-1-12-34-28(22)33)38-25-10-11-26(39-30(25)41)40-14-2-13-37-40/h1-4,6-8,10-15,17,23,27,35H,5,9,16H2,(H2,33,34). The topological polar surface area (TPSA) is 112 Å². The van der Waals surface area contributed by atoms with Crippen molar-refractivity contribution in [3.63, 3.8) is 0 Å². The van der Waals surface area contributed by atoms with E-state index in [1.807, 2.05) is 41.1 Å². The summed E-state index contributed by atoms with van der Waals surface area (Å²) in [5.41, 5.74) is 12.4. The van der Waals surface area contributed by atoms with Gasteiger partial charge in [-0.25, -0.2) is 28.4 Å². The van der Waals surface area contributed by atoms with Crippen LogP contribution in [0, 0.1) is 0 Å². The van der Waals surface area contributed by atoms with Crippen LogP contribution in [0.15, 0.2) is 85.5 Å². The Morgan fingerprint density at radius 1 is 1.00 bits per heavy atom. The number of benzene rings is 1. The summed E-state index contributed by atoms with van der Waals surface area (Å²) in [7, 11) is 0. The van der Waals surface area contributed by atoms with Crippen LogP contribution in [0.2, 0.25) is 0 Å². The molecule has 0 saturated heterocycles. The van der Waals surface area contributed by atoms with Crippen LogP contribution in [0.25, 0.3) is 34.1 Å². The minimum Gasteiger partial charge on any atom is -0.383 e. The molecule has 1 aliphatic carbocycles. The van der Waals surface area contributed by atoms with Crippen LogP contribution in [0.5, 0.6) is 0 Å². The van der Waals surface area contributed by atoms with Crippen molar-refractivity contribution in [3.05, 3.63) is 108 Å². The second-order valence-corrected chi connectivity index (χ2v) is 9.92. The van der Waals surface area contributed by atoms with Gasteiger partial charge in [-0.1, -0.05) is 12.1 Å². The van der Waals surface area contributed by atoms with Crippen molar-refractivity contribution in [1.29, 1.82) is 0 Å². The fraction of sp³-hybridized carbons (Fsp3) is 0.167. The number of pyridine rings is 3. The van der Waals surface area contributed by atoms with Gasteiger partial charge in [0.25, 0.3) is 6.43 Å².